The van der Waals surface area contributed by atoms with Crippen molar-refractivity contribution in [2.24, 2.45) is 5.10 Å². The molecule has 1 aromatic heterocycles. The van der Waals surface area contributed by atoms with E-state index in [-0.39, 0.29) is 18.4 Å². The van der Waals surface area contributed by atoms with Crippen molar-refractivity contribution in [3.63, 3.8) is 0 Å². The van der Waals surface area contributed by atoms with Crippen LogP contribution >= 0.6 is 0 Å². The molecule has 2 amide bonds. The summed E-state index contributed by atoms with van der Waals surface area (Å²) in [7, 11) is 0. The summed E-state index contributed by atoms with van der Waals surface area (Å²) < 4.78 is 5.03. The summed E-state index contributed by atoms with van der Waals surface area (Å²) in [5.74, 6) is 0.0951. The quantitative estimate of drug-likeness (QED) is 0.353. The third-order valence-electron chi connectivity index (χ3n) is 3.38. The maximum absolute atomic E-state index is 11.6. The lowest BCUT2D eigenvalue weighted by Gasteiger charge is -2.04. The van der Waals surface area contributed by atoms with Crippen LogP contribution in [0.2, 0.25) is 0 Å². The molecule has 0 unspecified atom stereocenters. The van der Waals surface area contributed by atoms with Crippen molar-refractivity contribution < 1.29 is 14.0 Å². The highest BCUT2D eigenvalue weighted by Crippen LogP contribution is 2.08. The van der Waals surface area contributed by atoms with Crippen LogP contribution in [-0.4, -0.2) is 24.6 Å². The van der Waals surface area contributed by atoms with Crippen molar-refractivity contribution in [2.45, 2.75) is 58.3 Å². The van der Waals surface area contributed by atoms with Crippen LogP contribution in [0.5, 0.6) is 0 Å². The number of furan rings is 1. The highest BCUT2D eigenvalue weighted by molar-refractivity contribution is 5.85. The zero-order valence-corrected chi connectivity index (χ0v) is 13.8. The lowest BCUT2D eigenvalue weighted by atomic mass is 10.1. The van der Waals surface area contributed by atoms with Crippen molar-refractivity contribution in [2.75, 3.05) is 6.54 Å². The molecule has 0 saturated carbocycles. The first-order valence-electron chi connectivity index (χ1n) is 8.34. The van der Waals surface area contributed by atoms with E-state index in [9.17, 15) is 9.59 Å². The maximum Gasteiger partial charge on any atom is 0.259 e. The molecule has 6 heteroatoms. The van der Waals surface area contributed by atoms with Gasteiger partial charge in [0.25, 0.3) is 5.91 Å². The number of carbonyl (C=O) groups excluding carboxylic acids is 2. The van der Waals surface area contributed by atoms with Gasteiger partial charge in [-0.05, 0) is 18.6 Å². The van der Waals surface area contributed by atoms with Gasteiger partial charge in [0.05, 0.1) is 19.0 Å². The van der Waals surface area contributed by atoms with Crippen LogP contribution in [0.4, 0.5) is 0 Å². The Labute approximate surface area is 137 Å². The average molecular weight is 321 g/mol. The van der Waals surface area contributed by atoms with Gasteiger partial charge in [-0.1, -0.05) is 45.4 Å². The molecule has 0 saturated heterocycles. The molecular weight excluding hydrogens is 294 g/mol. The summed E-state index contributed by atoms with van der Waals surface area (Å²) in [6.07, 6.45) is 11.6. The second-order valence-corrected chi connectivity index (χ2v) is 5.46. The van der Waals surface area contributed by atoms with Crippen molar-refractivity contribution in [3.8, 4) is 0 Å². The number of hydrogen-bond donors (Lipinski definition) is 2. The Balaban J connectivity index is 1.99. The van der Waals surface area contributed by atoms with Crippen LogP contribution in [0, 0.1) is 0 Å². The summed E-state index contributed by atoms with van der Waals surface area (Å²) in [6.45, 7) is 2.13. The SMILES string of the molecule is CCCCCCCCCC(=O)NCC(=O)N/N=C\c1ccco1. The number of rotatable bonds is 12. The van der Waals surface area contributed by atoms with Crippen LogP contribution in [0.3, 0.4) is 0 Å². The van der Waals surface area contributed by atoms with E-state index in [1.54, 1.807) is 12.1 Å². The molecule has 0 bridgehead atoms. The Morgan fingerprint density at radius 2 is 1.87 bits per heavy atom. The Morgan fingerprint density at radius 1 is 1.13 bits per heavy atom. The van der Waals surface area contributed by atoms with E-state index in [0.717, 1.165) is 12.8 Å². The molecule has 0 atom stereocenters. The molecule has 0 aliphatic carbocycles. The molecule has 23 heavy (non-hydrogen) atoms. The number of amides is 2. The predicted molar refractivity (Wildman–Crippen MR) is 90.1 cm³/mol. The van der Waals surface area contributed by atoms with Crippen molar-refractivity contribution in [3.05, 3.63) is 24.2 Å². The van der Waals surface area contributed by atoms with E-state index < -0.39 is 0 Å². The van der Waals surface area contributed by atoms with E-state index in [4.69, 9.17) is 4.42 Å². The van der Waals surface area contributed by atoms with Gasteiger partial charge in [-0.2, -0.15) is 5.10 Å². The Kier molecular flexibility index (Phi) is 10.2. The van der Waals surface area contributed by atoms with Gasteiger partial charge in [0, 0.05) is 6.42 Å². The number of hydrazone groups is 1. The van der Waals surface area contributed by atoms with Gasteiger partial charge < -0.3 is 9.73 Å². The molecule has 1 heterocycles. The zero-order chi connectivity index (χ0) is 16.8. The molecule has 0 spiro atoms. The van der Waals surface area contributed by atoms with E-state index in [1.165, 1.54) is 44.6 Å². The molecule has 128 valence electrons. The molecule has 0 aliphatic heterocycles. The van der Waals surface area contributed by atoms with E-state index in [0.29, 0.717) is 12.2 Å². The van der Waals surface area contributed by atoms with E-state index in [1.807, 2.05) is 0 Å². The summed E-state index contributed by atoms with van der Waals surface area (Å²) in [6, 6.07) is 3.45. The van der Waals surface area contributed by atoms with Gasteiger partial charge in [-0.15, -0.1) is 0 Å². The normalized spacial score (nSPS) is 10.8. The predicted octanol–water partition coefficient (Wildman–Crippen LogP) is 2.99. The van der Waals surface area contributed by atoms with Gasteiger partial charge >= 0.3 is 0 Å². The highest BCUT2D eigenvalue weighted by Gasteiger charge is 2.04. The first-order valence-corrected chi connectivity index (χ1v) is 8.34. The van der Waals surface area contributed by atoms with Crippen LogP contribution in [0.15, 0.2) is 27.9 Å². The molecule has 1 aromatic rings. The summed E-state index contributed by atoms with van der Waals surface area (Å²) in [4.78, 5) is 23.1. The highest BCUT2D eigenvalue weighted by atomic mass is 16.3. The summed E-state index contributed by atoms with van der Waals surface area (Å²) >= 11 is 0. The minimum absolute atomic E-state index is 0.0647. The number of nitrogens with zero attached hydrogens (tertiary/aromatic N) is 1. The average Bonchev–Trinajstić information content (AvgIpc) is 3.05. The fourth-order valence-electron chi connectivity index (χ4n) is 2.08. The molecule has 2 N–H and O–H groups in total. The third-order valence-corrected chi connectivity index (χ3v) is 3.38. The first-order chi connectivity index (χ1) is 11.2. The van der Waals surface area contributed by atoms with Crippen molar-refractivity contribution >= 4 is 18.0 Å². The Hall–Kier alpha value is -2.11. The molecule has 0 radical (unpaired) electrons. The fourth-order valence-corrected chi connectivity index (χ4v) is 2.08. The molecule has 0 fully saturated rings. The second-order valence-electron chi connectivity index (χ2n) is 5.46. The van der Waals surface area contributed by atoms with Crippen molar-refractivity contribution in [1.29, 1.82) is 0 Å². The van der Waals surface area contributed by atoms with E-state index in [2.05, 4.69) is 22.8 Å². The largest absolute Gasteiger partial charge is 0.463 e. The second kappa shape index (κ2) is 12.4. The first kappa shape index (κ1) is 18.9. The molecule has 0 aromatic carbocycles. The van der Waals surface area contributed by atoms with Crippen molar-refractivity contribution in [1.82, 2.24) is 10.7 Å². The Morgan fingerprint density at radius 3 is 2.57 bits per heavy atom. The minimum atomic E-state index is -0.360. The number of hydrogen-bond acceptors (Lipinski definition) is 4. The Bertz CT molecular complexity index is 469. The van der Waals surface area contributed by atoms with Crippen LogP contribution in [-0.2, 0) is 9.59 Å². The molecule has 6 nitrogen and oxygen atoms in total. The van der Waals surface area contributed by atoms with Crippen LogP contribution in [0.1, 0.15) is 64.1 Å². The number of carbonyl (C=O) groups is 2. The van der Waals surface area contributed by atoms with Crippen LogP contribution in [0.25, 0.3) is 0 Å². The molecule has 0 aliphatic rings. The fraction of sp³-hybridized carbons (Fsp3) is 0.588. The number of nitrogens with one attached hydrogen (secondary N) is 2. The summed E-state index contributed by atoms with van der Waals surface area (Å²) in [5, 5.41) is 6.32. The minimum Gasteiger partial charge on any atom is -0.463 e. The molecular formula is C17H27N3O3. The third kappa shape index (κ3) is 10.3. The smallest absolute Gasteiger partial charge is 0.259 e. The monoisotopic (exact) mass is 321 g/mol. The number of unbranched alkanes of at least 4 members (excludes halogenated alkanes) is 6. The van der Waals surface area contributed by atoms with E-state index >= 15 is 0 Å². The topological polar surface area (TPSA) is 83.7 Å². The molecule has 1 rings (SSSR count). The summed E-state index contributed by atoms with van der Waals surface area (Å²) in [5.41, 5.74) is 2.33. The van der Waals surface area contributed by atoms with Crippen LogP contribution < -0.4 is 10.7 Å². The van der Waals surface area contributed by atoms with Gasteiger partial charge in [0.1, 0.15) is 5.76 Å². The van der Waals surface area contributed by atoms with Gasteiger partial charge in [-0.3, -0.25) is 9.59 Å². The zero-order valence-electron chi connectivity index (χ0n) is 13.8. The standard InChI is InChI=1S/C17H27N3O3/c1-2-3-4-5-6-7-8-11-16(21)18-14-17(22)20-19-13-15-10-9-12-23-15/h9-10,12-13H,2-8,11,14H2,1H3,(H,18,21)(H,20,22)/b19-13-. The lowest BCUT2D eigenvalue weighted by molar-refractivity contribution is -0.126. The maximum atomic E-state index is 11.6. The van der Waals surface area contributed by atoms with Gasteiger partial charge in [0.2, 0.25) is 5.91 Å². The van der Waals surface area contributed by atoms with Gasteiger partial charge in [0.15, 0.2) is 0 Å². The van der Waals surface area contributed by atoms with Gasteiger partial charge in [-0.25, -0.2) is 5.43 Å². The lowest BCUT2D eigenvalue weighted by Crippen LogP contribution is -2.34.